The maximum absolute atomic E-state index is 15.0. The highest BCUT2D eigenvalue weighted by Gasteiger charge is 2.72. The largest absolute Gasteiger partial charge is 0.393 e. The summed E-state index contributed by atoms with van der Waals surface area (Å²) in [6.07, 6.45) is 1.97. The van der Waals surface area contributed by atoms with Gasteiger partial charge in [-0.25, -0.2) is 4.39 Å². The third kappa shape index (κ3) is 2.26. The second kappa shape index (κ2) is 5.94. The quantitative estimate of drug-likeness (QED) is 0.678. The normalized spacial score (nSPS) is 51.9. The first-order chi connectivity index (χ1) is 12.6. The van der Waals surface area contributed by atoms with E-state index >= 15 is 4.39 Å². The van der Waals surface area contributed by atoms with E-state index < -0.39 is 35.7 Å². The fraction of sp³-hybridized carbons (Fsp3) is 0.810. The Morgan fingerprint density at radius 2 is 2.04 bits per heavy atom. The highest BCUT2D eigenvalue weighted by Crippen LogP contribution is 2.68. The highest BCUT2D eigenvalue weighted by molar-refractivity contribution is 5.92. The van der Waals surface area contributed by atoms with Gasteiger partial charge in [-0.15, -0.1) is 0 Å². The van der Waals surface area contributed by atoms with E-state index in [4.69, 9.17) is 0 Å². The van der Waals surface area contributed by atoms with Gasteiger partial charge in [0.1, 0.15) is 12.8 Å². The number of allylic oxidation sites excluding steroid dienone is 1. The number of alkyl halides is 1. The summed E-state index contributed by atoms with van der Waals surface area (Å²) >= 11 is 0. The molecule has 0 saturated heterocycles. The molecule has 0 spiro atoms. The van der Waals surface area contributed by atoms with Crippen LogP contribution in [0.5, 0.6) is 0 Å². The van der Waals surface area contributed by atoms with Gasteiger partial charge < -0.3 is 15.3 Å². The SMILES string of the molecule is C[C@]12CCC(=O)C=C1CC[C@@H]1[C@@H]2[C@H](O)C[C@@]2(C)[C@H]1C[C@@H](F)[C@]2(O)C(=O)CO. The molecule has 0 aromatic rings. The van der Waals surface area contributed by atoms with E-state index in [1.165, 1.54) is 0 Å². The molecule has 4 aliphatic carbocycles. The molecule has 4 aliphatic rings. The molecule has 0 unspecified atom stereocenters. The van der Waals surface area contributed by atoms with E-state index in [9.17, 15) is 24.9 Å². The second-order valence-electron chi connectivity index (χ2n) is 9.63. The van der Waals surface area contributed by atoms with Crippen molar-refractivity contribution in [2.24, 2.45) is 28.6 Å². The third-order valence-corrected chi connectivity index (χ3v) is 8.64. The van der Waals surface area contributed by atoms with E-state index in [1.807, 2.05) is 0 Å². The standard InChI is InChI=1S/C21H29FO5/c1-19-6-5-12(24)7-11(19)3-4-13-14-8-16(22)21(27,17(26)10-23)20(14,2)9-15(25)18(13)19/h7,13-16,18,23,25,27H,3-6,8-10H2,1-2H3/t13-,14-,15+,16+,18+,19-,20-,21-/m0/s1. The third-order valence-electron chi connectivity index (χ3n) is 8.64. The number of fused-ring (bicyclic) bond motifs is 5. The predicted molar refractivity (Wildman–Crippen MR) is 95.4 cm³/mol. The summed E-state index contributed by atoms with van der Waals surface area (Å²) < 4.78 is 15.0. The first-order valence-electron chi connectivity index (χ1n) is 10.0. The van der Waals surface area contributed by atoms with E-state index in [0.717, 1.165) is 12.0 Å². The molecule has 3 N–H and O–H groups in total. The summed E-state index contributed by atoms with van der Waals surface area (Å²) in [5, 5.41) is 31.5. The zero-order chi connectivity index (χ0) is 19.8. The molecule has 0 amide bonds. The Bertz CT molecular complexity index is 719. The minimum atomic E-state index is -2.25. The lowest BCUT2D eigenvalue weighted by atomic mass is 9.45. The van der Waals surface area contributed by atoms with Gasteiger partial charge in [-0.3, -0.25) is 9.59 Å². The van der Waals surface area contributed by atoms with Crippen LogP contribution in [0.2, 0.25) is 0 Å². The molecule has 3 fully saturated rings. The molecule has 0 bridgehead atoms. The van der Waals surface area contributed by atoms with Crippen molar-refractivity contribution in [1.29, 1.82) is 0 Å². The monoisotopic (exact) mass is 380 g/mol. The average molecular weight is 380 g/mol. The molecule has 3 saturated carbocycles. The van der Waals surface area contributed by atoms with Crippen LogP contribution in [0.3, 0.4) is 0 Å². The van der Waals surface area contributed by atoms with Crippen LogP contribution in [0.1, 0.15) is 52.4 Å². The Morgan fingerprint density at radius 3 is 2.70 bits per heavy atom. The van der Waals surface area contributed by atoms with Gasteiger partial charge in [0, 0.05) is 11.8 Å². The Labute approximate surface area is 158 Å². The van der Waals surface area contributed by atoms with Crippen LogP contribution in [0.25, 0.3) is 0 Å². The van der Waals surface area contributed by atoms with Gasteiger partial charge in [-0.05, 0) is 61.3 Å². The Hall–Kier alpha value is -1.11. The first-order valence-corrected chi connectivity index (χ1v) is 10.0. The molecule has 0 aromatic heterocycles. The number of hydrogen-bond acceptors (Lipinski definition) is 5. The van der Waals surface area contributed by atoms with E-state index in [1.54, 1.807) is 13.0 Å². The molecule has 8 atom stereocenters. The van der Waals surface area contributed by atoms with Crippen molar-refractivity contribution in [1.82, 2.24) is 0 Å². The number of Topliss-reactive ketones (excluding diaryl/α,β-unsaturated/α-hetero) is 1. The molecule has 5 nitrogen and oxygen atoms in total. The molecule has 150 valence electrons. The zero-order valence-corrected chi connectivity index (χ0v) is 15.9. The van der Waals surface area contributed by atoms with Gasteiger partial charge in [0.05, 0.1) is 6.10 Å². The highest BCUT2D eigenvalue weighted by atomic mass is 19.1. The van der Waals surface area contributed by atoms with Crippen LogP contribution < -0.4 is 0 Å². The second-order valence-corrected chi connectivity index (χ2v) is 9.63. The summed E-state index contributed by atoms with van der Waals surface area (Å²) in [5.41, 5.74) is -2.57. The lowest BCUT2D eigenvalue weighted by Crippen LogP contribution is -2.63. The van der Waals surface area contributed by atoms with E-state index in [-0.39, 0.29) is 41.8 Å². The predicted octanol–water partition coefficient (Wildman–Crippen LogP) is 1.73. The summed E-state index contributed by atoms with van der Waals surface area (Å²) in [4.78, 5) is 24.2. The van der Waals surface area contributed by atoms with Gasteiger partial charge in [-0.2, -0.15) is 0 Å². The minimum Gasteiger partial charge on any atom is -0.393 e. The van der Waals surface area contributed by atoms with Crippen molar-refractivity contribution >= 4 is 11.6 Å². The average Bonchev–Trinajstić information content (AvgIpc) is 2.82. The molecule has 4 rings (SSSR count). The van der Waals surface area contributed by atoms with Crippen molar-refractivity contribution in [2.75, 3.05) is 6.61 Å². The number of rotatable bonds is 2. The topological polar surface area (TPSA) is 94.8 Å². The van der Waals surface area contributed by atoms with Gasteiger partial charge in [0.25, 0.3) is 0 Å². The van der Waals surface area contributed by atoms with Gasteiger partial charge >= 0.3 is 0 Å². The molecule has 0 aromatic carbocycles. The minimum absolute atomic E-state index is 0.0205. The molecule has 0 heterocycles. The van der Waals surface area contributed by atoms with E-state index in [2.05, 4.69) is 6.92 Å². The lowest BCUT2D eigenvalue weighted by Gasteiger charge is -2.60. The first kappa shape index (κ1) is 19.2. The van der Waals surface area contributed by atoms with Crippen LogP contribution in [-0.2, 0) is 9.59 Å². The van der Waals surface area contributed by atoms with Crippen molar-refractivity contribution in [3.8, 4) is 0 Å². The molecular weight excluding hydrogens is 351 g/mol. The molecule has 0 radical (unpaired) electrons. The van der Waals surface area contributed by atoms with Crippen LogP contribution in [0.15, 0.2) is 11.6 Å². The number of hydrogen-bond donors (Lipinski definition) is 3. The van der Waals surface area contributed by atoms with Crippen LogP contribution in [0.4, 0.5) is 4.39 Å². The molecule has 27 heavy (non-hydrogen) atoms. The van der Waals surface area contributed by atoms with Crippen molar-refractivity contribution in [3.63, 3.8) is 0 Å². The smallest absolute Gasteiger partial charge is 0.193 e. The van der Waals surface area contributed by atoms with Crippen molar-refractivity contribution < 1.29 is 29.3 Å². The fourth-order valence-corrected chi connectivity index (χ4v) is 7.27. The van der Waals surface area contributed by atoms with Crippen LogP contribution in [-0.4, -0.2) is 51.4 Å². The Balaban J connectivity index is 1.77. The summed E-state index contributed by atoms with van der Waals surface area (Å²) in [7, 11) is 0. The lowest BCUT2D eigenvalue weighted by molar-refractivity contribution is -0.188. The van der Waals surface area contributed by atoms with Gasteiger partial charge in [0.2, 0.25) is 0 Å². The van der Waals surface area contributed by atoms with Crippen molar-refractivity contribution in [2.45, 2.75) is 70.2 Å². The zero-order valence-electron chi connectivity index (χ0n) is 15.9. The maximum atomic E-state index is 15.0. The molecule has 0 aliphatic heterocycles. The Morgan fingerprint density at radius 1 is 1.33 bits per heavy atom. The summed E-state index contributed by atoms with van der Waals surface area (Å²) in [6.45, 7) is 2.89. The Kier molecular flexibility index (Phi) is 4.23. The summed E-state index contributed by atoms with van der Waals surface area (Å²) in [5.74, 6) is -1.13. The van der Waals surface area contributed by atoms with Gasteiger partial charge in [0.15, 0.2) is 17.2 Å². The van der Waals surface area contributed by atoms with Crippen LogP contribution >= 0.6 is 0 Å². The maximum Gasteiger partial charge on any atom is 0.193 e. The van der Waals surface area contributed by atoms with Crippen molar-refractivity contribution in [3.05, 3.63) is 11.6 Å². The summed E-state index contributed by atoms with van der Waals surface area (Å²) in [6, 6.07) is 0. The number of carbonyl (C=O) groups is 2. The molecule has 6 heteroatoms. The van der Waals surface area contributed by atoms with Gasteiger partial charge in [-0.1, -0.05) is 19.4 Å². The molecular formula is C21H29FO5. The number of halogens is 1. The van der Waals surface area contributed by atoms with Crippen LogP contribution in [0, 0.1) is 28.6 Å². The number of aliphatic hydroxyl groups excluding tert-OH is 2. The fourth-order valence-electron chi connectivity index (χ4n) is 7.27. The number of carbonyl (C=O) groups excluding carboxylic acids is 2. The van der Waals surface area contributed by atoms with E-state index in [0.29, 0.717) is 19.3 Å². The number of ketones is 2. The number of aliphatic hydroxyl groups is 3.